The molecule has 0 aliphatic carbocycles. The summed E-state index contributed by atoms with van der Waals surface area (Å²) in [5, 5.41) is 10.4. The first kappa shape index (κ1) is 15.7. The second kappa shape index (κ2) is 7.27. The van der Waals surface area contributed by atoms with Gasteiger partial charge in [0.1, 0.15) is 6.04 Å². The highest BCUT2D eigenvalue weighted by atomic mass is 16.5. The van der Waals surface area contributed by atoms with Crippen LogP contribution in [0.4, 0.5) is 4.79 Å². The van der Waals surface area contributed by atoms with Gasteiger partial charge in [0.15, 0.2) is 0 Å². The molecule has 1 aliphatic heterocycles. The Balaban J connectivity index is 2.59. The number of nitrogens with one attached hydrogen (secondary N) is 1. The Morgan fingerprint density at radius 3 is 2.65 bits per heavy atom. The Hall–Kier alpha value is -2.38. The van der Waals surface area contributed by atoms with Crippen molar-refractivity contribution in [1.29, 1.82) is 0 Å². The van der Waals surface area contributed by atoms with E-state index in [1.54, 1.807) is 6.92 Å². The van der Waals surface area contributed by atoms with Crippen LogP contribution in [0.25, 0.3) is 0 Å². The van der Waals surface area contributed by atoms with Crippen molar-refractivity contribution in [3.05, 3.63) is 12.2 Å². The molecule has 0 aromatic heterocycles. The topological polar surface area (TPSA) is 113 Å². The number of carbonyl (C=O) groups is 4. The highest BCUT2D eigenvalue weighted by Crippen LogP contribution is 2.18. The van der Waals surface area contributed by atoms with Crippen LogP contribution in [0, 0.1) is 0 Å². The molecule has 1 atom stereocenters. The van der Waals surface area contributed by atoms with Gasteiger partial charge < -0.3 is 14.7 Å². The van der Waals surface area contributed by atoms with E-state index in [4.69, 9.17) is 9.84 Å². The van der Waals surface area contributed by atoms with Crippen molar-refractivity contribution in [3.63, 3.8) is 0 Å². The van der Waals surface area contributed by atoms with E-state index in [-0.39, 0.29) is 6.61 Å². The summed E-state index contributed by atoms with van der Waals surface area (Å²) < 4.78 is 4.85. The summed E-state index contributed by atoms with van der Waals surface area (Å²) in [5.41, 5.74) is 0. The monoisotopic (exact) mass is 284 g/mol. The van der Waals surface area contributed by atoms with Crippen molar-refractivity contribution in [2.75, 3.05) is 13.2 Å². The molecule has 1 aliphatic rings. The fourth-order valence-corrected chi connectivity index (χ4v) is 1.86. The van der Waals surface area contributed by atoms with Crippen molar-refractivity contribution < 1.29 is 29.0 Å². The Morgan fingerprint density at radius 2 is 2.05 bits per heavy atom. The predicted molar refractivity (Wildman–Crippen MR) is 66.7 cm³/mol. The minimum atomic E-state index is -1.29. The molecule has 1 rings (SSSR count). The maximum absolute atomic E-state index is 11.8. The average molecular weight is 284 g/mol. The molecule has 0 bridgehead atoms. The van der Waals surface area contributed by atoms with Gasteiger partial charge in [-0.1, -0.05) is 0 Å². The minimum absolute atomic E-state index is 0.213. The van der Waals surface area contributed by atoms with Crippen LogP contribution in [0.1, 0.15) is 19.8 Å². The number of carboxylic acid groups (broad SMARTS) is 1. The minimum Gasteiger partial charge on any atom is -0.478 e. The van der Waals surface area contributed by atoms with Crippen LogP contribution >= 0.6 is 0 Å². The lowest BCUT2D eigenvalue weighted by Gasteiger charge is -2.22. The van der Waals surface area contributed by atoms with Gasteiger partial charge in [-0.15, -0.1) is 0 Å². The summed E-state index contributed by atoms with van der Waals surface area (Å²) in [4.78, 5) is 46.2. The van der Waals surface area contributed by atoms with E-state index in [0.29, 0.717) is 25.5 Å². The van der Waals surface area contributed by atoms with Crippen molar-refractivity contribution in [3.8, 4) is 0 Å². The molecular weight excluding hydrogens is 268 g/mol. The molecular formula is C12H16N2O6. The highest BCUT2D eigenvalue weighted by molar-refractivity contribution is 6.03. The number of rotatable bonds is 4. The normalized spacial score (nSPS) is 18.1. The highest BCUT2D eigenvalue weighted by Gasteiger charge is 2.35. The number of carbonyl (C=O) groups excluding carboxylic acids is 3. The van der Waals surface area contributed by atoms with Crippen molar-refractivity contribution >= 4 is 23.9 Å². The number of carboxylic acids is 1. The van der Waals surface area contributed by atoms with Crippen LogP contribution in [0.2, 0.25) is 0 Å². The third kappa shape index (κ3) is 4.38. The van der Waals surface area contributed by atoms with Gasteiger partial charge in [-0.3, -0.25) is 10.1 Å². The van der Waals surface area contributed by atoms with E-state index >= 15 is 0 Å². The number of hydrogen-bond donors (Lipinski definition) is 2. The number of hydrogen-bond acceptors (Lipinski definition) is 5. The van der Waals surface area contributed by atoms with E-state index in [0.717, 1.165) is 6.08 Å². The molecule has 20 heavy (non-hydrogen) atoms. The summed E-state index contributed by atoms with van der Waals surface area (Å²) in [6, 6.07) is -1.44. The first-order valence-electron chi connectivity index (χ1n) is 6.15. The first-order chi connectivity index (χ1) is 9.45. The first-order valence-corrected chi connectivity index (χ1v) is 6.15. The zero-order valence-electron chi connectivity index (χ0n) is 11.0. The molecule has 0 spiro atoms. The van der Waals surface area contributed by atoms with E-state index < -0.39 is 29.9 Å². The third-order valence-electron chi connectivity index (χ3n) is 2.68. The molecule has 110 valence electrons. The maximum atomic E-state index is 11.8. The maximum Gasteiger partial charge on any atom is 0.328 e. The predicted octanol–water partition coefficient (Wildman–Crippen LogP) is -0.109. The molecule has 1 saturated heterocycles. The number of ether oxygens (including phenoxy) is 1. The van der Waals surface area contributed by atoms with Crippen LogP contribution in [0.15, 0.2) is 12.2 Å². The summed E-state index contributed by atoms with van der Waals surface area (Å²) in [7, 11) is 0. The molecule has 3 amide bonds. The van der Waals surface area contributed by atoms with Gasteiger partial charge in [0.2, 0.25) is 0 Å². The Bertz CT molecular complexity index is 445. The molecule has 1 heterocycles. The van der Waals surface area contributed by atoms with E-state index in [9.17, 15) is 19.2 Å². The fraction of sp³-hybridized carbons (Fsp3) is 0.500. The van der Waals surface area contributed by atoms with Gasteiger partial charge in [0, 0.05) is 18.7 Å². The Kier molecular flexibility index (Phi) is 5.70. The van der Waals surface area contributed by atoms with Gasteiger partial charge in [0.05, 0.1) is 6.61 Å². The largest absolute Gasteiger partial charge is 0.478 e. The zero-order chi connectivity index (χ0) is 15.1. The van der Waals surface area contributed by atoms with Crippen molar-refractivity contribution in [1.82, 2.24) is 10.2 Å². The molecule has 8 heteroatoms. The van der Waals surface area contributed by atoms with Gasteiger partial charge >= 0.3 is 18.0 Å². The van der Waals surface area contributed by atoms with Crippen molar-refractivity contribution in [2.45, 2.75) is 25.8 Å². The average Bonchev–Trinajstić information content (AvgIpc) is 2.86. The van der Waals surface area contributed by atoms with Gasteiger partial charge in [-0.25, -0.2) is 14.4 Å². The number of amides is 3. The number of nitrogens with zero attached hydrogens (tertiary/aromatic N) is 1. The number of aliphatic carboxylic acids is 1. The lowest BCUT2D eigenvalue weighted by atomic mass is 10.2. The number of urea groups is 1. The summed E-state index contributed by atoms with van der Waals surface area (Å²) in [5.74, 6) is -2.65. The summed E-state index contributed by atoms with van der Waals surface area (Å²) in [6.45, 7) is 2.22. The lowest BCUT2D eigenvalue weighted by Crippen LogP contribution is -2.48. The molecule has 1 fully saturated rings. The van der Waals surface area contributed by atoms with Crippen LogP contribution in [0.3, 0.4) is 0 Å². The van der Waals surface area contributed by atoms with Crippen molar-refractivity contribution in [2.24, 2.45) is 0 Å². The van der Waals surface area contributed by atoms with Gasteiger partial charge in [-0.2, -0.15) is 0 Å². The van der Waals surface area contributed by atoms with Gasteiger partial charge in [0.25, 0.3) is 5.91 Å². The second-order valence-electron chi connectivity index (χ2n) is 4.07. The number of esters is 1. The quantitative estimate of drug-likeness (QED) is 0.550. The molecule has 1 unspecified atom stereocenters. The van der Waals surface area contributed by atoms with E-state index in [1.807, 2.05) is 5.32 Å². The van der Waals surface area contributed by atoms with Crippen LogP contribution in [-0.4, -0.2) is 53.1 Å². The Morgan fingerprint density at radius 1 is 1.35 bits per heavy atom. The lowest BCUT2D eigenvalue weighted by molar-refractivity contribution is -0.147. The second-order valence-corrected chi connectivity index (χ2v) is 4.07. The smallest absolute Gasteiger partial charge is 0.328 e. The molecule has 0 radical (unpaired) electrons. The van der Waals surface area contributed by atoms with Gasteiger partial charge in [-0.05, 0) is 19.8 Å². The summed E-state index contributed by atoms with van der Waals surface area (Å²) in [6.07, 6.45) is 2.46. The van der Waals surface area contributed by atoms with E-state index in [1.165, 1.54) is 4.90 Å². The fourth-order valence-electron chi connectivity index (χ4n) is 1.86. The molecule has 0 aromatic carbocycles. The van der Waals surface area contributed by atoms with Crippen LogP contribution < -0.4 is 5.32 Å². The van der Waals surface area contributed by atoms with E-state index in [2.05, 4.69) is 0 Å². The zero-order valence-corrected chi connectivity index (χ0v) is 11.0. The summed E-state index contributed by atoms with van der Waals surface area (Å²) >= 11 is 0. The number of likely N-dealkylation sites (tertiary alicyclic amines) is 1. The SMILES string of the molecule is CCOC(=O)C1CCCN1C(=O)NC(=O)C=CC(=O)O. The molecule has 8 nitrogen and oxygen atoms in total. The molecule has 0 saturated carbocycles. The molecule has 0 aromatic rings. The Labute approximate surface area is 115 Å². The number of imide groups is 1. The van der Waals surface area contributed by atoms with Crippen LogP contribution in [0.5, 0.6) is 0 Å². The standard InChI is InChI=1S/C12H16N2O6/c1-2-20-11(18)8-4-3-7-14(8)12(19)13-9(15)5-6-10(16)17/h5-6,8H,2-4,7H2,1H3,(H,16,17)(H,13,15,19). The molecule has 2 N–H and O–H groups in total. The third-order valence-corrected chi connectivity index (χ3v) is 2.68. The van der Waals surface area contributed by atoms with Crippen LogP contribution in [-0.2, 0) is 19.1 Å².